The summed E-state index contributed by atoms with van der Waals surface area (Å²) in [6, 6.07) is 2.55. The summed E-state index contributed by atoms with van der Waals surface area (Å²) >= 11 is 0. The molecular weight excluding hydrogens is 512 g/mol. The third-order valence-corrected chi connectivity index (χ3v) is 5.35. The van der Waals surface area contributed by atoms with Gasteiger partial charge in [-0.1, -0.05) is 6.92 Å². The molecule has 36 heavy (non-hydrogen) atoms. The van der Waals surface area contributed by atoms with E-state index in [1.807, 2.05) is 0 Å². The minimum atomic E-state index is -5.93. The summed E-state index contributed by atoms with van der Waals surface area (Å²) in [7, 11) is -4.67. The van der Waals surface area contributed by atoms with Gasteiger partial charge in [-0.25, -0.2) is 19.2 Å². The summed E-state index contributed by atoms with van der Waals surface area (Å²) in [4.78, 5) is 19.9. The third kappa shape index (κ3) is 7.83. The van der Waals surface area contributed by atoms with Crippen molar-refractivity contribution in [1.82, 2.24) is 15.3 Å². The zero-order valence-electron chi connectivity index (χ0n) is 20.1. The fraction of sp³-hybridized carbons (Fsp3) is 0.476. The summed E-state index contributed by atoms with van der Waals surface area (Å²) in [5, 5.41) is 5.38. The number of amides is 1. The molecule has 0 radical (unpaired) electrons. The van der Waals surface area contributed by atoms with Crippen LogP contribution in [0, 0.1) is 5.82 Å². The predicted molar refractivity (Wildman–Crippen MR) is 122 cm³/mol. The van der Waals surface area contributed by atoms with Crippen LogP contribution in [0.5, 0.6) is 11.5 Å². The van der Waals surface area contributed by atoms with Crippen molar-refractivity contribution in [2.75, 3.05) is 19.0 Å². The Hall–Kier alpha value is -3.36. The smallest absolute Gasteiger partial charge is 0.496 e. The second-order valence-corrected chi connectivity index (χ2v) is 9.91. The van der Waals surface area contributed by atoms with Gasteiger partial charge in [0.2, 0.25) is 0 Å². The molecule has 0 aliphatic carbocycles. The molecular formula is C21H26F4N4O6S. The lowest BCUT2D eigenvalue weighted by Gasteiger charge is -2.23. The Balaban J connectivity index is 2.29. The van der Waals surface area contributed by atoms with E-state index in [1.54, 1.807) is 27.7 Å². The number of alkyl carbamates (subject to hydrolysis) is 1. The van der Waals surface area contributed by atoms with Gasteiger partial charge in [0.1, 0.15) is 17.1 Å². The molecule has 1 atom stereocenters. The minimum Gasteiger partial charge on any atom is -0.496 e. The van der Waals surface area contributed by atoms with E-state index in [2.05, 4.69) is 24.8 Å². The number of nitrogens with zero attached hydrogens (tertiary/aromatic N) is 2. The normalized spacial score (nSPS) is 13.0. The van der Waals surface area contributed by atoms with Gasteiger partial charge < -0.3 is 24.3 Å². The lowest BCUT2D eigenvalue weighted by molar-refractivity contribution is -0.0500. The van der Waals surface area contributed by atoms with Crippen molar-refractivity contribution < 1.29 is 44.4 Å². The molecule has 0 spiro atoms. The van der Waals surface area contributed by atoms with E-state index >= 15 is 0 Å². The first-order chi connectivity index (χ1) is 16.6. The Bertz CT molecular complexity index is 1190. The summed E-state index contributed by atoms with van der Waals surface area (Å²) < 4.78 is 89.6. The molecule has 2 aromatic rings. The van der Waals surface area contributed by atoms with E-state index in [1.165, 1.54) is 7.11 Å². The minimum absolute atomic E-state index is 0.0488. The van der Waals surface area contributed by atoms with E-state index in [0.717, 1.165) is 24.4 Å². The summed E-state index contributed by atoms with van der Waals surface area (Å²) in [6.45, 7) is 6.95. The molecule has 1 aromatic heterocycles. The van der Waals surface area contributed by atoms with E-state index in [-0.39, 0.29) is 29.5 Å². The molecule has 1 unspecified atom stereocenters. The van der Waals surface area contributed by atoms with Crippen molar-refractivity contribution in [1.29, 1.82) is 0 Å². The Kier molecular flexibility index (Phi) is 8.93. The highest BCUT2D eigenvalue weighted by atomic mass is 32.2. The lowest BCUT2D eigenvalue weighted by Crippen LogP contribution is -2.42. The average Bonchev–Trinajstić information content (AvgIpc) is 2.75. The Morgan fingerprint density at radius 1 is 1.19 bits per heavy atom. The lowest BCUT2D eigenvalue weighted by atomic mass is 10.1. The molecule has 0 saturated heterocycles. The molecule has 200 valence electrons. The van der Waals surface area contributed by atoms with Crippen LogP contribution in [-0.2, 0) is 14.9 Å². The molecule has 2 N–H and O–H groups in total. The summed E-state index contributed by atoms with van der Waals surface area (Å²) in [5.74, 6) is -1.95. The van der Waals surface area contributed by atoms with Gasteiger partial charge in [0, 0.05) is 12.6 Å². The first kappa shape index (κ1) is 28.9. The fourth-order valence-corrected chi connectivity index (χ4v) is 3.15. The largest absolute Gasteiger partial charge is 0.534 e. The highest BCUT2D eigenvalue weighted by Crippen LogP contribution is 2.34. The van der Waals surface area contributed by atoms with Crippen LogP contribution in [-0.4, -0.2) is 55.3 Å². The van der Waals surface area contributed by atoms with Crippen LogP contribution in [0.25, 0.3) is 11.4 Å². The number of anilines is 1. The quantitative estimate of drug-likeness (QED) is 0.274. The zero-order chi connectivity index (χ0) is 27.3. The average molecular weight is 539 g/mol. The highest BCUT2D eigenvalue weighted by molar-refractivity contribution is 7.88. The number of halogens is 4. The molecule has 0 fully saturated rings. The monoisotopic (exact) mass is 538 g/mol. The maximum absolute atomic E-state index is 14.4. The van der Waals surface area contributed by atoms with E-state index in [0.29, 0.717) is 6.42 Å². The van der Waals surface area contributed by atoms with Crippen LogP contribution in [0.4, 0.5) is 28.2 Å². The second kappa shape index (κ2) is 11.1. The maximum Gasteiger partial charge on any atom is 0.534 e. The van der Waals surface area contributed by atoms with E-state index in [4.69, 9.17) is 9.47 Å². The van der Waals surface area contributed by atoms with Crippen LogP contribution >= 0.6 is 0 Å². The summed E-state index contributed by atoms with van der Waals surface area (Å²) in [6.07, 6.45) is 0.620. The molecule has 1 heterocycles. The SMILES string of the molecule is CCC(CNc1nc(-c2cc(OS(=O)(=O)C(F)(F)F)ccc2OC)ncc1F)NC(=O)OC(C)(C)C. The number of alkyl halides is 3. The van der Waals surface area contributed by atoms with Crippen LogP contribution in [0.2, 0.25) is 0 Å². The number of nitrogens with one attached hydrogen (secondary N) is 2. The predicted octanol–water partition coefficient (Wildman–Crippen LogP) is 4.23. The van der Waals surface area contributed by atoms with Crippen molar-refractivity contribution in [3.05, 3.63) is 30.2 Å². The molecule has 10 nitrogen and oxygen atoms in total. The maximum atomic E-state index is 14.4. The van der Waals surface area contributed by atoms with Gasteiger partial charge >= 0.3 is 21.7 Å². The first-order valence-electron chi connectivity index (χ1n) is 10.5. The standard InChI is InChI=1S/C21H26F4N4O6S/c1-6-12(28-19(30)34-20(2,3)4)10-26-18-15(22)11-27-17(29-18)14-9-13(7-8-16(14)33-5)35-36(31,32)21(23,24)25/h7-9,11-12H,6,10H2,1-5H3,(H,28,30)(H,26,27,29). The van der Waals surface area contributed by atoms with Gasteiger partial charge in [-0.15, -0.1) is 0 Å². The van der Waals surface area contributed by atoms with Crippen LogP contribution < -0.4 is 19.6 Å². The molecule has 2 rings (SSSR count). The van der Waals surface area contributed by atoms with Crippen molar-refractivity contribution >= 4 is 22.0 Å². The van der Waals surface area contributed by atoms with Crippen LogP contribution in [0.15, 0.2) is 24.4 Å². The number of carbonyl (C=O) groups excluding carboxylic acids is 1. The van der Waals surface area contributed by atoms with Gasteiger partial charge in [-0.3, -0.25) is 0 Å². The van der Waals surface area contributed by atoms with E-state index in [9.17, 15) is 30.8 Å². The van der Waals surface area contributed by atoms with E-state index < -0.39 is 44.9 Å². The molecule has 0 aliphatic heterocycles. The second-order valence-electron chi connectivity index (χ2n) is 8.37. The molecule has 15 heteroatoms. The number of methoxy groups -OCH3 is 1. The topological polar surface area (TPSA) is 129 Å². The molecule has 0 saturated carbocycles. The molecule has 1 amide bonds. The van der Waals surface area contributed by atoms with Gasteiger partial charge in [-0.2, -0.15) is 21.6 Å². The Labute approximate surface area is 205 Å². The number of ether oxygens (including phenoxy) is 2. The molecule has 1 aromatic carbocycles. The zero-order valence-corrected chi connectivity index (χ0v) is 20.9. The van der Waals surface area contributed by atoms with Gasteiger partial charge in [-0.05, 0) is 45.4 Å². The number of hydrogen-bond acceptors (Lipinski definition) is 9. The Morgan fingerprint density at radius 3 is 2.42 bits per heavy atom. The Morgan fingerprint density at radius 2 is 1.86 bits per heavy atom. The van der Waals surface area contributed by atoms with Crippen LogP contribution in [0.3, 0.4) is 0 Å². The van der Waals surface area contributed by atoms with Crippen molar-refractivity contribution in [2.24, 2.45) is 0 Å². The van der Waals surface area contributed by atoms with Gasteiger partial charge in [0.15, 0.2) is 17.5 Å². The van der Waals surface area contributed by atoms with Crippen molar-refractivity contribution in [3.63, 3.8) is 0 Å². The van der Waals surface area contributed by atoms with Crippen molar-refractivity contribution in [2.45, 2.75) is 51.3 Å². The van der Waals surface area contributed by atoms with Gasteiger partial charge in [0.25, 0.3) is 0 Å². The number of rotatable bonds is 9. The molecule has 0 bridgehead atoms. The number of hydrogen-bond donors (Lipinski definition) is 2. The fourth-order valence-electron chi connectivity index (χ4n) is 2.70. The highest BCUT2D eigenvalue weighted by Gasteiger charge is 2.48. The number of benzene rings is 1. The van der Waals surface area contributed by atoms with Crippen molar-refractivity contribution in [3.8, 4) is 22.9 Å². The molecule has 0 aliphatic rings. The van der Waals surface area contributed by atoms with Crippen LogP contribution in [0.1, 0.15) is 34.1 Å². The third-order valence-electron chi connectivity index (χ3n) is 4.37. The van der Waals surface area contributed by atoms with Gasteiger partial charge in [0.05, 0.1) is 18.9 Å². The first-order valence-corrected chi connectivity index (χ1v) is 11.9. The number of aromatic nitrogens is 2. The number of carbonyl (C=O) groups is 1. The summed E-state index contributed by atoms with van der Waals surface area (Å²) in [5.41, 5.74) is -6.41.